The zero-order valence-electron chi connectivity index (χ0n) is 8.45. The van der Waals surface area contributed by atoms with Crippen molar-refractivity contribution in [2.24, 2.45) is 5.92 Å². The first-order valence-corrected chi connectivity index (χ1v) is 5.01. The van der Waals surface area contributed by atoms with Crippen LogP contribution >= 0.6 is 0 Å². The smallest absolute Gasteiger partial charge is 0.0558 e. The largest absolute Gasteiger partial charge is 0.395 e. The molecule has 1 aliphatic heterocycles. The lowest BCUT2D eigenvalue weighted by atomic mass is 9.89. The Morgan fingerprint density at radius 3 is 2.08 bits per heavy atom. The summed E-state index contributed by atoms with van der Waals surface area (Å²) in [5.74, 6) is 0.852. The highest BCUT2D eigenvalue weighted by atomic mass is 16.3. The molecular weight excluding hydrogens is 150 g/mol. The summed E-state index contributed by atoms with van der Waals surface area (Å²) in [7, 11) is 0. The number of hydrogen-bond donors (Lipinski definition) is 1. The summed E-state index contributed by atoms with van der Waals surface area (Å²) >= 11 is 0. The van der Waals surface area contributed by atoms with Crippen molar-refractivity contribution >= 4 is 0 Å². The van der Waals surface area contributed by atoms with E-state index in [0.717, 1.165) is 12.5 Å². The highest BCUT2D eigenvalue weighted by molar-refractivity contribution is 4.82. The van der Waals surface area contributed by atoms with Crippen molar-refractivity contribution in [2.75, 3.05) is 13.2 Å². The molecular formula is C10H21NO. The van der Waals surface area contributed by atoms with Gasteiger partial charge in [-0.25, -0.2) is 0 Å². The Labute approximate surface area is 75.6 Å². The minimum atomic E-state index is 0.295. The molecule has 0 aromatic carbocycles. The van der Waals surface area contributed by atoms with Crippen LogP contribution in [0.15, 0.2) is 0 Å². The minimum absolute atomic E-state index is 0.295. The monoisotopic (exact) mass is 171 g/mol. The second-order valence-electron chi connectivity index (χ2n) is 4.24. The van der Waals surface area contributed by atoms with Gasteiger partial charge in [0.05, 0.1) is 6.61 Å². The lowest BCUT2D eigenvalue weighted by molar-refractivity contribution is 0.0579. The molecule has 0 aromatic rings. The minimum Gasteiger partial charge on any atom is -0.395 e. The van der Waals surface area contributed by atoms with Gasteiger partial charge in [0.1, 0.15) is 0 Å². The Bertz CT molecular complexity index is 126. The van der Waals surface area contributed by atoms with Crippen molar-refractivity contribution < 1.29 is 5.11 Å². The first kappa shape index (κ1) is 10.0. The van der Waals surface area contributed by atoms with E-state index in [4.69, 9.17) is 5.11 Å². The van der Waals surface area contributed by atoms with Gasteiger partial charge in [-0.1, -0.05) is 6.92 Å². The lowest BCUT2D eigenvalue weighted by Gasteiger charge is -2.41. The summed E-state index contributed by atoms with van der Waals surface area (Å²) in [6, 6.07) is 1.30. The Morgan fingerprint density at radius 2 is 1.67 bits per heavy atom. The van der Waals surface area contributed by atoms with E-state index in [2.05, 4.69) is 25.7 Å². The normalized spacial score (nSPS) is 38.5. The zero-order valence-corrected chi connectivity index (χ0v) is 8.45. The quantitative estimate of drug-likeness (QED) is 0.680. The molecule has 1 rings (SSSR count). The number of nitrogens with zero attached hydrogens (tertiary/aromatic N) is 1. The summed E-state index contributed by atoms with van der Waals surface area (Å²) in [4.78, 5) is 2.42. The fourth-order valence-electron chi connectivity index (χ4n) is 2.52. The molecule has 0 aromatic heterocycles. The van der Waals surface area contributed by atoms with Crippen LogP contribution in [0.3, 0.4) is 0 Å². The number of β-amino-alcohol motifs (C(OH)–C–C–N with tert-alkyl or cyclic N) is 1. The second kappa shape index (κ2) is 4.24. The molecule has 2 heteroatoms. The van der Waals surface area contributed by atoms with Crippen molar-refractivity contribution in [3.63, 3.8) is 0 Å². The van der Waals surface area contributed by atoms with Crippen LogP contribution in [-0.2, 0) is 0 Å². The van der Waals surface area contributed by atoms with Crippen LogP contribution < -0.4 is 0 Å². The summed E-state index contributed by atoms with van der Waals surface area (Å²) in [5.41, 5.74) is 0. The maximum Gasteiger partial charge on any atom is 0.0558 e. The first-order valence-electron chi connectivity index (χ1n) is 5.01. The second-order valence-corrected chi connectivity index (χ2v) is 4.24. The SMILES string of the molecule is CC1C[C@@H](C)N(CCO)[C@@H](C)C1. The molecule has 1 saturated heterocycles. The van der Waals surface area contributed by atoms with Gasteiger partial charge in [0.15, 0.2) is 0 Å². The van der Waals surface area contributed by atoms with Gasteiger partial charge in [0, 0.05) is 18.6 Å². The fourth-order valence-corrected chi connectivity index (χ4v) is 2.52. The Kier molecular flexibility index (Phi) is 3.53. The number of piperidine rings is 1. The molecule has 1 aliphatic rings. The highest BCUT2D eigenvalue weighted by Crippen LogP contribution is 2.26. The van der Waals surface area contributed by atoms with Gasteiger partial charge in [-0.2, -0.15) is 0 Å². The first-order chi connectivity index (χ1) is 5.65. The van der Waals surface area contributed by atoms with Crippen LogP contribution in [0.2, 0.25) is 0 Å². The van der Waals surface area contributed by atoms with E-state index >= 15 is 0 Å². The third-order valence-electron chi connectivity index (χ3n) is 2.98. The molecule has 1 N–H and O–H groups in total. The van der Waals surface area contributed by atoms with E-state index in [9.17, 15) is 0 Å². The Balaban J connectivity index is 2.48. The van der Waals surface area contributed by atoms with Gasteiger partial charge >= 0.3 is 0 Å². The average Bonchev–Trinajstić information content (AvgIpc) is 1.96. The van der Waals surface area contributed by atoms with Crippen LogP contribution in [0, 0.1) is 5.92 Å². The van der Waals surface area contributed by atoms with Crippen LogP contribution in [0.25, 0.3) is 0 Å². The molecule has 3 atom stereocenters. The number of aliphatic hydroxyl groups is 1. The predicted octanol–water partition coefficient (Wildman–Crippen LogP) is 1.49. The number of likely N-dealkylation sites (tertiary alicyclic amines) is 1. The van der Waals surface area contributed by atoms with Crippen molar-refractivity contribution in [3.05, 3.63) is 0 Å². The summed E-state index contributed by atoms with van der Waals surface area (Å²) in [6.07, 6.45) is 2.56. The van der Waals surface area contributed by atoms with Crippen molar-refractivity contribution in [2.45, 2.75) is 45.7 Å². The maximum absolute atomic E-state index is 8.88. The predicted molar refractivity (Wildman–Crippen MR) is 51.1 cm³/mol. The Hall–Kier alpha value is -0.0800. The third-order valence-corrected chi connectivity index (χ3v) is 2.98. The van der Waals surface area contributed by atoms with Crippen LogP contribution in [0.4, 0.5) is 0 Å². The molecule has 0 radical (unpaired) electrons. The topological polar surface area (TPSA) is 23.5 Å². The molecule has 1 fully saturated rings. The van der Waals surface area contributed by atoms with Crippen molar-refractivity contribution in [1.82, 2.24) is 4.90 Å². The highest BCUT2D eigenvalue weighted by Gasteiger charge is 2.27. The van der Waals surface area contributed by atoms with E-state index in [-0.39, 0.29) is 0 Å². The lowest BCUT2D eigenvalue weighted by Crippen LogP contribution is -2.47. The van der Waals surface area contributed by atoms with E-state index in [1.54, 1.807) is 0 Å². The molecule has 0 spiro atoms. The average molecular weight is 171 g/mol. The van der Waals surface area contributed by atoms with Gasteiger partial charge < -0.3 is 5.11 Å². The van der Waals surface area contributed by atoms with E-state index in [1.807, 2.05) is 0 Å². The fraction of sp³-hybridized carbons (Fsp3) is 1.00. The van der Waals surface area contributed by atoms with E-state index in [0.29, 0.717) is 18.7 Å². The van der Waals surface area contributed by atoms with Gasteiger partial charge in [-0.15, -0.1) is 0 Å². The summed E-state index contributed by atoms with van der Waals surface area (Å²) in [5, 5.41) is 8.88. The van der Waals surface area contributed by atoms with E-state index < -0.39 is 0 Å². The number of rotatable bonds is 2. The number of aliphatic hydroxyl groups excluding tert-OH is 1. The molecule has 0 bridgehead atoms. The van der Waals surface area contributed by atoms with Gasteiger partial charge in [-0.05, 0) is 32.6 Å². The van der Waals surface area contributed by atoms with Crippen molar-refractivity contribution in [3.8, 4) is 0 Å². The zero-order chi connectivity index (χ0) is 9.14. The molecule has 1 heterocycles. The summed E-state index contributed by atoms with van der Waals surface area (Å²) < 4.78 is 0. The molecule has 0 aliphatic carbocycles. The van der Waals surface area contributed by atoms with Crippen molar-refractivity contribution in [1.29, 1.82) is 0 Å². The number of hydrogen-bond acceptors (Lipinski definition) is 2. The maximum atomic E-state index is 8.88. The van der Waals surface area contributed by atoms with Gasteiger partial charge in [0.2, 0.25) is 0 Å². The molecule has 72 valence electrons. The standard InChI is InChI=1S/C10H21NO/c1-8-6-9(2)11(4-5-12)10(3)7-8/h8-10,12H,4-7H2,1-3H3/t8?,9-,10+. The third kappa shape index (κ3) is 2.20. The van der Waals surface area contributed by atoms with Gasteiger partial charge in [-0.3, -0.25) is 4.90 Å². The van der Waals surface area contributed by atoms with Gasteiger partial charge in [0.25, 0.3) is 0 Å². The van der Waals surface area contributed by atoms with Crippen LogP contribution in [-0.4, -0.2) is 35.2 Å². The molecule has 0 saturated carbocycles. The molecule has 12 heavy (non-hydrogen) atoms. The molecule has 1 unspecified atom stereocenters. The van der Waals surface area contributed by atoms with E-state index in [1.165, 1.54) is 12.8 Å². The van der Waals surface area contributed by atoms with Crippen LogP contribution in [0.5, 0.6) is 0 Å². The summed E-state index contributed by atoms with van der Waals surface area (Å²) in [6.45, 7) is 7.99. The molecule has 0 amide bonds. The Morgan fingerprint density at radius 1 is 1.17 bits per heavy atom. The van der Waals surface area contributed by atoms with Crippen LogP contribution in [0.1, 0.15) is 33.6 Å². The molecule has 2 nitrogen and oxygen atoms in total.